The maximum atomic E-state index is 14.3. The lowest BCUT2D eigenvalue weighted by Crippen LogP contribution is -2.69. The highest BCUT2D eigenvalue weighted by Crippen LogP contribution is 2.49. The van der Waals surface area contributed by atoms with Gasteiger partial charge in [-0.05, 0) is 44.9 Å². The molecule has 3 aliphatic rings. The number of phosphoric ester groups is 1. The van der Waals surface area contributed by atoms with Crippen LogP contribution in [0.15, 0.2) is 12.2 Å². The number of allylic oxidation sites excluding steroid dienone is 2. The summed E-state index contributed by atoms with van der Waals surface area (Å²) in [5.74, 6) is -2.00. The summed E-state index contributed by atoms with van der Waals surface area (Å²) in [6, 6.07) is 0. The summed E-state index contributed by atoms with van der Waals surface area (Å²) in [5.41, 5.74) is 0. The van der Waals surface area contributed by atoms with Crippen LogP contribution < -0.4 is 0 Å². The number of aliphatic hydroxyl groups is 10. The van der Waals surface area contributed by atoms with E-state index in [-0.39, 0.29) is 19.3 Å². The van der Waals surface area contributed by atoms with E-state index in [0.717, 1.165) is 89.9 Å². The number of unbranched alkanes of at least 4 members (excludes halogenated alkanes) is 34. The molecule has 0 aromatic heterocycles. The molecule has 3 fully saturated rings. The number of hydrogen-bond donors (Lipinski definition) is 11. The van der Waals surface area contributed by atoms with Gasteiger partial charge >= 0.3 is 25.7 Å². The lowest BCUT2D eigenvalue weighted by molar-refractivity contribution is -0.360. The van der Waals surface area contributed by atoms with Gasteiger partial charge in [-0.1, -0.05) is 232 Å². The highest BCUT2D eigenvalue weighted by atomic mass is 31.2. The van der Waals surface area contributed by atoms with Crippen LogP contribution in [0.1, 0.15) is 284 Å². The van der Waals surface area contributed by atoms with Crippen molar-refractivity contribution in [2.75, 3.05) is 26.4 Å². The third-order valence-corrected chi connectivity index (χ3v) is 19.3. The minimum atomic E-state index is -5.69. The van der Waals surface area contributed by atoms with Gasteiger partial charge in [0.1, 0.15) is 98.7 Å². The van der Waals surface area contributed by atoms with E-state index in [1.807, 2.05) is 0 Å². The number of carbonyl (C=O) groups excluding carboxylic acids is 3. The van der Waals surface area contributed by atoms with Crippen LogP contribution in [0.2, 0.25) is 0 Å². The van der Waals surface area contributed by atoms with Gasteiger partial charge in [0, 0.05) is 19.3 Å². The summed E-state index contributed by atoms with van der Waals surface area (Å²) in [6.07, 6.45) is 10.1. The topological polar surface area (TPSA) is 374 Å². The molecule has 11 N–H and O–H groups in total. The Morgan fingerprint density at radius 1 is 0.400 bits per heavy atom. The Morgan fingerprint density at radius 3 is 1.15 bits per heavy atom. The first-order valence-corrected chi connectivity index (χ1v) is 38.5. The zero-order valence-corrected chi connectivity index (χ0v) is 58.9. The van der Waals surface area contributed by atoms with E-state index in [0.29, 0.717) is 25.7 Å². The maximum absolute atomic E-state index is 14.3. The molecule has 2 heterocycles. The molecule has 1 aliphatic carbocycles. The fraction of sp³-hybridized carbons (Fsp3) is 0.929. The van der Waals surface area contributed by atoms with Crippen LogP contribution in [0.25, 0.3) is 0 Å². The van der Waals surface area contributed by atoms with Crippen LogP contribution in [0, 0.1) is 0 Å². The van der Waals surface area contributed by atoms with Gasteiger partial charge in [0.25, 0.3) is 0 Å². The zero-order valence-electron chi connectivity index (χ0n) is 58.0. The summed E-state index contributed by atoms with van der Waals surface area (Å²) in [6.45, 7) is 3.42. The molecule has 0 radical (unpaired) electrons. The van der Waals surface area contributed by atoms with Gasteiger partial charge in [-0.25, -0.2) is 4.57 Å². The van der Waals surface area contributed by atoms with Crippen LogP contribution in [-0.2, 0) is 61.2 Å². The van der Waals surface area contributed by atoms with Crippen LogP contribution >= 0.6 is 7.82 Å². The Labute approximate surface area is 567 Å². The zero-order chi connectivity index (χ0) is 69.6. The summed E-state index contributed by atoms with van der Waals surface area (Å²) >= 11 is 0. The minimum Gasteiger partial charge on any atom is -0.463 e. The Balaban J connectivity index is 1.74. The fourth-order valence-corrected chi connectivity index (χ4v) is 13.2. The predicted molar refractivity (Wildman–Crippen MR) is 356 cm³/mol. The molecular formula is C70H129O24P. The summed E-state index contributed by atoms with van der Waals surface area (Å²) < 4.78 is 64.9. The predicted octanol–water partition coefficient (Wildman–Crippen LogP) is 9.57. The number of phosphoric acid groups is 1. The van der Waals surface area contributed by atoms with Gasteiger partial charge in [-0.3, -0.25) is 23.4 Å². The molecule has 2 aliphatic heterocycles. The number of aliphatic hydroxyl groups excluding tert-OH is 10. The summed E-state index contributed by atoms with van der Waals surface area (Å²) in [5, 5.41) is 110. The van der Waals surface area contributed by atoms with Gasteiger partial charge in [0.2, 0.25) is 0 Å². The van der Waals surface area contributed by atoms with Crippen LogP contribution in [-0.4, -0.2) is 204 Å². The second kappa shape index (κ2) is 52.6. The molecule has 25 heteroatoms. The van der Waals surface area contributed by atoms with Gasteiger partial charge in [-0.2, -0.15) is 0 Å². The Kier molecular flexibility index (Phi) is 48.2. The number of esters is 3. The highest BCUT2D eigenvalue weighted by molar-refractivity contribution is 7.47. The number of rotatable bonds is 57. The third-order valence-electron chi connectivity index (χ3n) is 18.3. The van der Waals surface area contributed by atoms with E-state index >= 15 is 0 Å². The summed E-state index contributed by atoms with van der Waals surface area (Å²) in [4.78, 5) is 50.9. The van der Waals surface area contributed by atoms with Crippen molar-refractivity contribution in [3.63, 3.8) is 0 Å². The van der Waals surface area contributed by atoms with Crippen LogP contribution in [0.5, 0.6) is 0 Å². The largest absolute Gasteiger partial charge is 0.472 e. The second-order valence-electron chi connectivity index (χ2n) is 26.7. The van der Waals surface area contributed by atoms with E-state index in [1.54, 1.807) is 0 Å². The van der Waals surface area contributed by atoms with Crippen molar-refractivity contribution in [3.8, 4) is 0 Å². The molecule has 18 atom stereocenters. The maximum Gasteiger partial charge on any atom is 0.472 e. The first kappa shape index (κ1) is 86.9. The Morgan fingerprint density at radius 2 is 0.737 bits per heavy atom. The van der Waals surface area contributed by atoms with Crippen molar-refractivity contribution in [1.29, 1.82) is 0 Å². The van der Waals surface area contributed by atoms with Crippen LogP contribution in [0.4, 0.5) is 0 Å². The highest BCUT2D eigenvalue weighted by Gasteiger charge is 2.58. The molecule has 24 nitrogen and oxygen atoms in total. The summed E-state index contributed by atoms with van der Waals surface area (Å²) in [7, 11) is -5.69. The van der Waals surface area contributed by atoms with E-state index in [1.165, 1.54) is 128 Å². The van der Waals surface area contributed by atoms with Crippen molar-refractivity contribution < 1.29 is 117 Å². The van der Waals surface area contributed by atoms with Gasteiger partial charge in [-0.15, -0.1) is 0 Å². The quantitative estimate of drug-likeness (QED) is 0.00887. The lowest BCUT2D eigenvalue weighted by atomic mass is 9.84. The number of hydrogen-bond acceptors (Lipinski definition) is 23. The molecular weight excluding hydrogens is 1260 g/mol. The second-order valence-corrected chi connectivity index (χ2v) is 28.1. The number of carbonyl (C=O) groups is 3. The molecule has 0 aromatic carbocycles. The van der Waals surface area contributed by atoms with E-state index < -0.39 is 156 Å². The van der Waals surface area contributed by atoms with Gasteiger partial charge < -0.3 is 89.1 Å². The van der Waals surface area contributed by atoms with Gasteiger partial charge in [0.05, 0.1) is 13.2 Å². The first-order valence-electron chi connectivity index (χ1n) is 37.0. The van der Waals surface area contributed by atoms with Crippen molar-refractivity contribution in [1.82, 2.24) is 0 Å². The molecule has 0 spiro atoms. The number of ether oxygens (including phenoxy) is 7. The lowest BCUT2D eigenvalue weighted by Gasteiger charge is -2.49. The molecule has 95 heavy (non-hydrogen) atoms. The smallest absolute Gasteiger partial charge is 0.463 e. The molecule has 1 saturated carbocycles. The monoisotopic (exact) mass is 1380 g/mol. The molecule has 558 valence electrons. The minimum absolute atomic E-state index is 0.0321. The van der Waals surface area contributed by atoms with E-state index in [2.05, 4.69) is 32.9 Å². The van der Waals surface area contributed by atoms with Crippen molar-refractivity contribution in [3.05, 3.63) is 12.2 Å². The molecule has 18 unspecified atom stereocenters. The standard InChI is InChI=1S/C70H129O24P/c1-4-7-10-13-16-19-22-24-26-28-30-33-36-39-42-45-55(73)87-50-53-58(76)60(78)65(83)70(91-53)93-67-63(81)61(79)62(80)66(92-69-64(82)59(77)57(75)52(47-71)90-69)68(67)94-95(84,85)88-49-51(48-86-54(72)44-41-38-35-32-29-21-18-15-12-9-6-3)89-56(74)46-43-40-37-34-31-27-25-23-20-17-14-11-8-5-2/h27,31,51-53,57-71,75-83H,4-26,28-30,32-50H2,1-3H3,(H,84,85)/b31-27-. The molecule has 0 bridgehead atoms. The third kappa shape index (κ3) is 36.2. The van der Waals surface area contributed by atoms with E-state index in [4.69, 9.17) is 42.2 Å². The van der Waals surface area contributed by atoms with E-state index in [9.17, 15) is 74.9 Å². The fourth-order valence-electron chi connectivity index (χ4n) is 12.2. The molecule has 0 aromatic rings. The average molecular weight is 1390 g/mol. The van der Waals surface area contributed by atoms with Gasteiger partial charge in [0.15, 0.2) is 18.7 Å². The van der Waals surface area contributed by atoms with Crippen molar-refractivity contribution in [2.45, 2.75) is 388 Å². The normalized spacial score (nSPS) is 28.1. The molecule has 2 saturated heterocycles. The Hall–Kier alpha value is -2.30. The van der Waals surface area contributed by atoms with Crippen LogP contribution in [0.3, 0.4) is 0 Å². The van der Waals surface area contributed by atoms with Crippen molar-refractivity contribution in [2.24, 2.45) is 0 Å². The molecule has 3 rings (SSSR count). The SMILES string of the molecule is CCCCCCCCC/C=C\CCCCCC(=O)OC(COC(=O)CCCCCCCCCCCCC)COP(=O)(O)OC1C(OC2OC(CO)C(O)C(O)C2O)C(O)C(O)C(O)C1OC1OC(COC(=O)CCCCCCCCCCCCCCCCC)C(O)C(O)C1O. The van der Waals surface area contributed by atoms with Crippen molar-refractivity contribution >= 4 is 25.7 Å². The Bertz CT molecular complexity index is 2020. The molecule has 0 amide bonds. The average Bonchev–Trinajstić information content (AvgIpc) is 0.763. The first-order chi connectivity index (χ1) is 45.8.